The second kappa shape index (κ2) is 6.09. The summed E-state index contributed by atoms with van der Waals surface area (Å²) in [5, 5.41) is 8.77. The van der Waals surface area contributed by atoms with Crippen molar-refractivity contribution in [1.29, 1.82) is 5.26 Å². The summed E-state index contributed by atoms with van der Waals surface area (Å²) >= 11 is 3.31. The van der Waals surface area contributed by atoms with Crippen molar-refractivity contribution in [2.75, 3.05) is 0 Å². The molecule has 0 amide bonds. The molecule has 1 atom stereocenters. The molecule has 96 valence electrons. The van der Waals surface area contributed by atoms with Crippen LogP contribution in [-0.2, 0) is 16.6 Å². The van der Waals surface area contributed by atoms with Crippen LogP contribution in [0.4, 0.5) is 4.39 Å². The van der Waals surface area contributed by atoms with Crippen molar-refractivity contribution >= 4 is 26.7 Å². The molecule has 0 saturated heterocycles. The first-order chi connectivity index (χ1) is 9.08. The molecule has 2 nitrogen and oxygen atoms in total. The Labute approximate surface area is 121 Å². The van der Waals surface area contributed by atoms with E-state index in [1.54, 1.807) is 30.3 Å². The van der Waals surface area contributed by atoms with Gasteiger partial charge in [0, 0.05) is 9.37 Å². The molecular weight excluding hydrogens is 329 g/mol. The van der Waals surface area contributed by atoms with Gasteiger partial charge in [-0.2, -0.15) is 5.26 Å². The third-order valence-corrected chi connectivity index (χ3v) is 4.38. The quantitative estimate of drug-likeness (QED) is 0.855. The number of nitriles is 1. The summed E-state index contributed by atoms with van der Waals surface area (Å²) < 4.78 is 26.3. The van der Waals surface area contributed by atoms with Crippen LogP contribution in [-0.4, -0.2) is 4.21 Å². The van der Waals surface area contributed by atoms with Gasteiger partial charge in [-0.15, -0.1) is 0 Å². The Kier molecular flexibility index (Phi) is 4.46. The number of hydrogen-bond donors (Lipinski definition) is 0. The number of hydrogen-bond acceptors (Lipinski definition) is 2. The minimum Gasteiger partial charge on any atom is -0.254 e. The summed E-state index contributed by atoms with van der Waals surface area (Å²) in [5.41, 5.74) is 0.792. The number of halogens is 2. The molecule has 19 heavy (non-hydrogen) atoms. The van der Waals surface area contributed by atoms with Crippen LogP contribution < -0.4 is 0 Å². The maximum absolute atomic E-state index is 13.3. The van der Waals surface area contributed by atoms with Crippen LogP contribution in [0, 0.1) is 17.1 Å². The molecule has 0 bridgehead atoms. The van der Waals surface area contributed by atoms with Crippen LogP contribution in [0.3, 0.4) is 0 Å². The zero-order valence-electron chi connectivity index (χ0n) is 9.77. The third kappa shape index (κ3) is 3.72. The Morgan fingerprint density at radius 2 is 1.89 bits per heavy atom. The largest absolute Gasteiger partial charge is 0.254 e. The van der Waals surface area contributed by atoms with E-state index in [1.165, 1.54) is 6.07 Å². The topological polar surface area (TPSA) is 40.9 Å². The molecule has 0 radical (unpaired) electrons. The number of benzene rings is 2. The molecule has 2 aromatic rings. The zero-order valence-corrected chi connectivity index (χ0v) is 12.2. The Balaban J connectivity index is 2.22. The number of rotatable bonds is 3. The van der Waals surface area contributed by atoms with Gasteiger partial charge >= 0.3 is 0 Å². The SMILES string of the molecule is N#Cc1cc(F)cc(CS(=O)c2ccc(Br)cc2)c1. The second-order valence-electron chi connectivity index (χ2n) is 3.90. The van der Waals surface area contributed by atoms with Gasteiger partial charge in [-0.3, -0.25) is 4.21 Å². The fourth-order valence-electron chi connectivity index (χ4n) is 1.62. The molecule has 0 fully saturated rings. The van der Waals surface area contributed by atoms with E-state index in [2.05, 4.69) is 15.9 Å². The zero-order chi connectivity index (χ0) is 13.8. The van der Waals surface area contributed by atoms with Gasteiger partial charge in [0.2, 0.25) is 0 Å². The minimum absolute atomic E-state index is 0.189. The average molecular weight is 338 g/mol. The molecule has 2 rings (SSSR count). The smallest absolute Gasteiger partial charge is 0.124 e. The minimum atomic E-state index is -1.26. The summed E-state index contributed by atoms with van der Waals surface area (Å²) in [6.45, 7) is 0. The van der Waals surface area contributed by atoms with Crippen molar-refractivity contribution in [2.45, 2.75) is 10.6 Å². The molecular formula is C14H9BrFNOS. The predicted molar refractivity (Wildman–Crippen MR) is 75.4 cm³/mol. The fraction of sp³-hybridized carbons (Fsp3) is 0.0714. The first-order valence-corrected chi connectivity index (χ1v) is 7.53. The van der Waals surface area contributed by atoms with Gasteiger partial charge in [0.05, 0.1) is 28.2 Å². The maximum atomic E-state index is 13.3. The highest BCUT2D eigenvalue weighted by Crippen LogP contribution is 2.17. The summed E-state index contributed by atoms with van der Waals surface area (Å²) in [7, 11) is -1.26. The molecule has 5 heteroatoms. The van der Waals surface area contributed by atoms with E-state index in [4.69, 9.17) is 5.26 Å². The molecule has 0 aliphatic rings. The van der Waals surface area contributed by atoms with Gasteiger partial charge in [0.1, 0.15) is 5.82 Å². The van der Waals surface area contributed by atoms with E-state index < -0.39 is 16.6 Å². The molecule has 1 unspecified atom stereocenters. The van der Waals surface area contributed by atoms with E-state index in [0.29, 0.717) is 10.5 Å². The van der Waals surface area contributed by atoms with Crippen LogP contribution >= 0.6 is 15.9 Å². The van der Waals surface area contributed by atoms with Crippen molar-refractivity contribution in [3.8, 4) is 6.07 Å². The van der Waals surface area contributed by atoms with Gasteiger partial charge in [-0.05, 0) is 48.0 Å². The van der Waals surface area contributed by atoms with E-state index in [-0.39, 0.29) is 11.3 Å². The Bertz CT molecular complexity index is 664. The molecule has 0 spiro atoms. The van der Waals surface area contributed by atoms with E-state index in [9.17, 15) is 8.60 Å². The lowest BCUT2D eigenvalue weighted by molar-refractivity contribution is 0.625. The normalized spacial score (nSPS) is 11.8. The van der Waals surface area contributed by atoms with Gasteiger partial charge in [0.15, 0.2) is 0 Å². The lowest BCUT2D eigenvalue weighted by Crippen LogP contribution is -1.97. The van der Waals surface area contributed by atoms with Crippen molar-refractivity contribution in [1.82, 2.24) is 0 Å². The van der Waals surface area contributed by atoms with E-state index in [1.807, 2.05) is 6.07 Å². The highest BCUT2D eigenvalue weighted by Gasteiger charge is 2.07. The van der Waals surface area contributed by atoms with Crippen LogP contribution in [0.1, 0.15) is 11.1 Å². The Morgan fingerprint density at radius 3 is 2.53 bits per heavy atom. The summed E-state index contributed by atoms with van der Waals surface area (Å²) in [5.74, 6) is -0.296. The summed E-state index contributed by atoms with van der Waals surface area (Å²) in [4.78, 5) is 0.672. The molecule has 0 aliphatic carbocycles. The van der Waals surface area contributed by atoms with Crippen LogP contribution in [0.15, 0.2) is 51.8 Å². The summed E-state index contributed by atoms with van der Waals surface area (Å²) in [6.07, 6.45) is 0. The molecule has 0 aromatic heterocycles. The lowest BCUT2D eigenvalue weighted by Gasteiger charge is -2.04. The Morgan fingerprint density at radius 1 is 1.21 bits per heavy atom. The first-order valence-electron chi connectivity index (χ1n) is 5.42. The van der Waals surface area contributed by atoms with Crippen LogP contribution in [0.2, 0.25) is 0 Å². The van der Waals surface area contributed by atoms with Crippen molar-refractivity contribution in [3.63, 3.8) is 0 Å². The first kappa shape index (κ1) is 13.9. The van der Waals surface area contributed by atoms with Crippen molar-refractivity contribution in [2.24, 2.45) is 0 Å². The molecule has 0 saturated carbocycles. The van der Waals surface area contributed by atoms with Gasteiger partial charge in [0.25, 0.3) is 0 Å². The highest BCUT2D eigenvalue weighted by atomic mass is 79.9. The highest BCUT2D eigenvalue weighted by molar-refractivity contribution is 9.10. The van der Waals surface area contributed by atoms with Gasteiger partial charge in [-0.25, -0.2) is 4.39 Å². The number of nitrogens with zero attached hydrogens (tertiary/aromatic N) is 1. The average Bonchev–Trinajstić information content (AvgIpc) is 2.38. The predicted octanol–water partition coefficient (Wildman–Crippen LogP) is 3.77. The summed E-state index contributed by atoms with van der Waals surface area (Å²) in [6, 6.07) is 13.0. The molecule has 0 N–H and O–H groups in total. The monoisotopic (exact) mass is 337 g/mol. The maximum Gasteiger partial charge on any atom is 0.124 e. The fourth-order valence-corrected chi connectivity index (χ4v) is 2.96. The van der Waals surface area contributed by atoms with Crippen LogP contribution in [0.25, 0.3) is 0 Å². The standard InChI is InChI=1S/C14H9BrFNOS/c15-12-1-3-14(4-2-12)19(18)9-11-5-10(8-17)6-13(16)7-11/h1-7H,9H2. The van der Waals surface area contributed by atoms with Gasteiger partial charge < -0.3 is 0 Å². The molecule has 2 aromatic carbocycles. The van der Waals surface area contributed by atoms with E-state index in [0.717, 1.165) is 10.5 Å². The lowest BCUT2D eigenvalue weighted by atomic mass is 10.1. The van der Waals surface area contributed by atoms with Gasteiger partial charge in [-0.1, -0.05) is 15.9 Å². The van der Waals surface area contributed by atoms with Crippen molar-refractivity contribution in [3.05, 3.63) is 63.9 Å². The molecule has 0 aliphatic heterocycles. The third-order valence-electron chi connectivity index (χ3n) is 2.46. The second-order valence-corrected chi connectivity index (χ2v) is 6.27. The van der Waals surface area contributed by atoms with Crippen LogP contribution in [0.5, 0.6) is 0 Å². The van der Waals surface area contributed by atoms with Crippen molar-refractivity contribution < 1.29 is 8.60 Å². The Hall–Kier alpha value is -1.51. The van der Waals surface area contributed by atoms with E-state index >= 15 is 0 Å². The molecule has 0 heterocycles.